The Labute approximate surface area is 193 Å². The number of aliphatic hydroxyl groups is 1. The molecule has 1 unspecified atom stereocenters. The van der Waals surface area contributed by atoms with Gasteiger partial charge in [0.2, 0.25) is 5.91 Å². The molecule has 0 bridgehead atoms. The first-order valence-electron chi connectivity index (χ1n) is 12.0. The van der Waals surface area contributed by atoms with Crippen LogP contribution in [0.15, 0.2) is 24.4 Å². The highest BCUT2D eigenvalue weighted by molar-refractivity contribution is 6.06. The van der Waals surface area contributed by atoms with Gasteiger partial charge >= 0.3 is 6.03 Å². The maximum atomic E-state index is 16.1. The van der Waals surface area contributed by atoms with E-state index in [0.717, 1.165) is 51.7 Å². The highest BCUT2D eigenvalue weighted by Crippen LogP contribution is 2.55. The molecule has 33 heavy (non-hydrogen) atoms. The van der Waals surface area contributed by atoms with Crippen molar-refractivity contribution < 1.29 is 19.1 Å². The average molecular weight is 455 g/mol. The maximum absolute atomic E-state index is 16.1. The van der Waals surface area contributed by atoms with Crippen LogP contribution in [0.25, 0.3) is 10.9 Å². The number of benzene rings is 1. The molecular formula is C25H31FN4O3. The predicted molar refractivity (Wildman–Crippen MR) is 123 cm³/mol. The highest BCUT2D eigenvalue weighted by atomic mass is 19.1. The van der Waals surface area contributed by atoms with Crippen LogP contribution >= 0.6 is 0 Å². The van der Waals surface area contributed by atoms with Crippen molar-refractivity contribution in [1.29, 1.82) is 0 Å². The third-order valence-electron chi connectivity index (χ3n) is 8.05. The maximum Gasteiger partial charge on any atom is 0.328 e. The van der Waals surface area contributed by atoms with Crippen LogP contribution in [0.5, 0.6) is 0 Å². The number of aromatic nitrogens is 1. The van der Waals surface area contributed by atoms with Crippen LogP contribution in [0, 0.1) is 11.2 Å². The zero-order chi connectivity index (χ0) is 23.2. The standard InChI is InChI=1S/C25H31FN4O3/c1-2-29-13-11-25(33,24(16-29)9-4-3-5-10-24)19-6-7-20-18(22(19)26)14-17(15-27-20)30-12-8-21(31)28-23(30)32/h6-7,14-15,33H,2-5,8-13,16H2,1H3,(H,28,31,32). The normalized spacial score (nSPS) is 26.1. The summed E-state index contributed by atoms with van der Waals surface area (Å²) in [4.78, 5) is 31.9. The van der Waals surface area contributed by atoms with Crippen molar-refractivity contribution in [3.05, 3.63) is 35.8 Å². The van der Waals surface area contributed by atoms with Crippen LogP contribution in [0.3, 0.4) is 0 Å². The Bertz CT molecular complexity index is 1100. The first kappa shape index (κ1) is 22.2. The summed E-state index contributed by atoms with van der Waals surface area (Å²) in [6, 6.07) is 4.54. The zero-order valence-corrected chi connectivity index (χ0v) is 19.1. The summed E-state index contributed by atoms with van der Waals surface area (Å²) in [5.74, 6) is -0.787. The van der Waals surface area contributed by atoms with Crippen LogP contribution in [0.2, 0.25) is 0 Å². The number of imide groups is 1. The van der Waals surface area contributed by atoms with E-state index in [4.69, 9.17) is 0 Å². The van der Waals surface area contributed by atoms with E-state index in [1.54, 1.807) is 18.2 Å². The van der Waals surface area contributed by atoms with Crippen LogP contribution in [-0.2, 0) is 10.4 Å². The largest absolute Gasteiger partial charge is 0.384 e. The van der Waals surface area contributed by atoms with Crippen LogP contribution < -0.4 is 10.2 Å². The second-order valence-corrected chi connectivity index (χ2v) is 9.76. The molecular weight excluding hydrogens is 423 g/mol. The van der Waals surface area contributed by atoms with Crippen LogP contribution in [-0.4, -0.2) is 53.1 Å². The molecule has 7 nitrogen and oxygen atoms in total. The summed E-state index contributed by atoms with van der Waals surface area (Å²) < 4.78 is 16.1. The lowest BCUT2D eigenvalue weighted by atomic mass is 9.57. The van der Waals surface area contributed by atoms with Crippen molar-refractivity contribution in [2.24, 2.45) is 5.41 Å². The molecule has 1 saturated carbocycles. The zero-order valence-electron chi connectivity index (χ0n) is 19.1. The molecule has 5 rings (SSSR count). The van der Waals surface area contributed by atoms with E-state index in [1.165, 1.54) is 11.1 Å². The van der Waals surface area contributed by atoms with Gasteiger partial charge in [0.05, 0.1) is 17.4 Å². The van der Waals surface area contributed by atoms with Gasteiger partial charge in [0.1, 0.15) is 11.4 Å². The molecule has 3 fully saturated rings. The minimum atomic E-state index is -1.25. The number of likely N-dealkylation sites (tertiary alicyclic amines) is 1. The molecule has 3 amide bonds. The van der Waals surface area contributed by atoms with Gasteiger partial charge in [-0.05, 0) is 37.9 Å². The van der Waals surface area contributed by atoms with Crippen molar-refractivity contribution in [3.8, 4) is 0 Å². The van der Waals surface area contributed by atoms with E-state index in [1.807, 2.05) is 0 Å². The van der Waals surface area contributed by atoms with Crippen LogP contribution in [0.1, 0.15) is 57.4 Å². The Kier molecular flexibility index (Phi) is 5.61. The number of hydrogen-bond donors (Lipinski definition) is 2. The molecule has 2 saturated heterocycles. The summed E-state index contributed by atoms with van der Waals surface area (Å²) in [6.07, 6.45) is 7.21. The Balaban J connectivity index is 1.58. The second-order valence-electron chi connectivity index (χ2n) is 9.76. The average Bonchev–Trinajstić information content (AvgIpc) is 2.82. The van der Waals surface area contributed by atoms with Gasteiger partial charge in [-0.2, -0.15) is 0 Å². The van der Waals surface area contributed by atoms with E-state index in [0.29, 0.717) is 23.2 Å². The van der Waals surface area contributed by atoms with Gasteiger partial charge in [-0.3, -0.25) is 20.0 Å². The summed E-state index contributed by atoms with van der Waals surface area (Å²) >= 11 is 0. The van der Waals surface area contributed by atoms with Crippen molar-refractivity contribution in [3.63, 3.8) is 0 Å². The van der Waals surface area contributed by atoms with Gasteiger partial charge in [-0.25, -0.2) is 9.18 Å². The quantitative estimate of drug-likeness (QED) is 0.739. The summed E-state index contributed by atoms with van der Waals surface area (Å²) in [6.45, 7) is 4.78. The molecule has 3 aliphatic rings. The number of fused-ring (bicyclic) bond motifs is 1. The molecule has 1 aromatic carbocycles. The Morgan fingerprint density at radius 1 is 1.15 bits per heavy atom. The third kappa shape index (κ3) is 3.60. The lowest BCUT2D eigenvalue weighted by molar-refractivity contribution is -0.159. The lowest BCUT2D eigenvalue weighted by Gasteiger charge is -2.56. The first-order valence-corrected chi connectivity index (χ1v) is 12.0. The van der Waals surface area contributed by atoms with Crippen molar-refractivity contribution in [2.75, 3.05) is 31.1 Å². The molecule has 0 radical (unpaired) electrons. The van der Waals surface area contributed by atoms with Crippen molar-refractivity contribution in [2.45, 2.75) is 57.5 Å². The molecule has 8 heteroatoms. The topological polar surface area (TPSA) is 85.8 Å². The number of nitrogens with one attached hydrogen (secondary N) is 1. The molecule has 176 valence electrons. The fourth-order valence-corrected chi connectivity index (χ4v) is 6.14. The molecule has 1 atom stereocenters. The molecule has 1 aromatic heterocycles. The van der Waals surface area contributed by atoms with Gasteiger partial charge in [0.25, 0.3) is 0 Å². The number of carbonyl (C=O) groups is 2. The highest BCUT2D eigenvalue weighted by Gasteiger charge is 2.55. The van der Waals surface area contributed by atoms with E-state index < -0.39 is 17.4 Å². The summed E-state index contributed by atoms with van der Waals surface area (Å²) in [5, 5.41) is 14.7. The number of anilines is 1. The van der Waals surface area contributed by atoms with E-state index in [-0.39, 0.29) is 29.7 Å². The number of hydrogen-bond acceptors (Lipinski definition) is 5. The minimum Gasteiger partial charge on any atom is -0.384 e. The fraction of sp³-hybridized carbons (Fsp3) is 0.560. The second kappa shape index (κ2) is 8.33. The number of pyridine rings is 1. The Morgan fingerprint density at radius 3 is 2.67 bits per heavy atom. The SMILES string of the molecule is CCN1CCC(O)(c2ccc3ncc(N4CCC(=O)NC4=O)cc3c2F)C2(CCCCC2)C1. The number of urea groups is 1. The summed E-state index contributed by atoms with van der Waals surface area (Å²) in [5.41, 5.74) is -0.372. The molecule has 3 heterocycles. The smallest absolute Gasteiger partial charge is 0.328 e. The van der Waals surface area contributed by atoms with Gasteiger partial charge in [0, 0.05) is 42.4 Å². The monoisotopic (exact) mass is 454 g/mol. The molecule has 1 aliphatic carbocycles. The number of amides is 3. The number of halogens is 1. The van der Waals surface area contributed by atoms with Gasteiger partial charge in [-0.15, -0.1) is 0 Å². The van der Waals surface area contributed by atoms with Gasteiger partial charge in [0.15, 0.2) is 0 Å². The number of nitrogens with zero attached hydrogens (tertiary/aromatic N) is 3. The van der Waals surface area contributed by atoms with Crippen molar-refractivity contribution in [1.82, 2.24) is 15.2 Å². The fourth-order valence-electron chi connectivity index (χ4n) is 6.14. The molecule has 2 N–H and O–H groups in total. The molecule has 2 aromatic rings. The molecule has 2 aliphatic heterocycles. The number of piperidine rings is 1. The summed E-state index contributed by atoms with van der Waals surface area (Å²) in [7, 11) is 0. The third-order valence-corrected chi connectivity index (χ3v) is 8.05. The van der Waals surface area contributed by atoms with E-state index in [2.05, 4.69) is 22.1 Å². The van der Waals surface area contributed by atoms with E-state index >= 15 is 4.39 Å². The Morgan fingerprint density at radius 2 is 1.94 bits per heavy atom. The minimum absolute atomic E-state index is 0.183. The Hall–Kier alpha value is -2.58. The first-order chi connectivity index (χ1) is 15.9. The lowest BCUT2D eigenvalue weighted by Crippen LogP contribution is -2.59. The van der Waals surface area contributed by atoms with Crippen molar-refractivity contribution >= 4 is 28.5 Å². The van der Waals surface area contributed by atoms with Crippen LogP contribution in [0.4, 0.5) is 14.9 Å². The number of carbonyl (C=O) groups excluding carboxylic acids is 2. The van der Waals surface area contributed by atoms with Gasteiger partial charge < -0.3 is 10.0 Å². The predicted octanol–water partition coefficient (Wildman–Crippen LogP) is 3.68. The van der Waals surface area contributed by atoms with E-state index in [9.17, 15) is 14.7 Å². The number of rotatable bonds is 3. The molecule has 1 spiro atoms. The van der Waals surface area contributed by atoms with Gasteiger partial charge in [-0.1, -0.05) is 32.3 Å².